The van der Waals surface area contributed by atoms with E-state index in [0.717, 1.165) is 48.8 Å². The molecule has 2 aromatic rings. The molecule has 1 saturated heterocycles. The summed E-state index contributed by atoms with van der Waals surface area (Å²) in [7, 11) is 0. The van der Waals surface area contributed by atoms with Crippen molar-refractivity contribution in [3.05, 3.63) is 46.9 Å². The van der Waals surface area contributed by atoms with E-state index in [1.165, 1.54) is 0 Å². The Kier molecular flexibility index (Phi) is 6.68. The number of amides is 1. The lowest BCUT2D eigenvalue weighted by atomic mass is 10.1. The molecule has 7 heteroatoms. The molecule has 1 aliphatic heterocycles. The molecule has 0 atom stereocenters. The largest absolute Gasteiger partial charge is 0.378 e. The zero-order valence-corrected chi connectivity index (χ0v) is 17.2. The van der Waals surface area contributed by atoms with Crippen molar-refractivity contribution < 1.29 is 9.53 Å². The lowest BCUT2D eigenvalue weighted by Gasteiger charge is -2.27. The lowest BCUT2D eigenvalue weighted by molar-refractivity contribution is -0.112. The molecule has 0 aliphatic carbocycles. The maximum absolute atomic E-state index is 12.6. The summed E-state index contributed by atoms with van der Waals surface area (Å²) in [6.45, 7) is 10.1. The number of pyridine rings is 1. The van der Waals surface area contributed by atoms with Crippen LogP contribution in [0.25, 0.3) is 6.08 Å². The minimum atomic E-state index is -0.436. The van der Waals surface area contributed by atoms with Gasteiger partial charge in [-0.15, -0.1) is 0 Å². The monoisotopic (exact) mass is 393 g/mol. The van der Waals surface area contributed by atoms with E-state index in [0.29, 0.717) is 18.9 Å². The van der Waals surface area contributed by atoms with Crippen LogP contribution in [0.3, 0.4) is 0 Å². The fourth-order valence-electron chi connectivity index (χ4n) is 3.48. The van der Waals surface area contributed by atoms with E-state index in [1.54, 1.807) is 18.3 Å². The van der Waals surface area contributed by atoms with E-state index in [1.807, 2.05) is 32.0 Å². The van der Waals surface area contributed by atoms with Gasteiger partial charge in [0.15, 0.2) is 0 Å². The van der Waals surface area contributed by atoms with Crippen LogP contribution in [0.15, 0.2) is 30.0 Å². The molecule has 1 fully saturated rings. The van der Waals surface area contributed by atoms with E-state index >= 15 is 0 Å². The summed E-state index contributed by atoms with van der Waals surface area (Å²) >= 11 is 0. The predicted octanol–water partition coefficient (Wildman–Crippen LogP) is 3.29. The third kappa shape index (κ3) is 4.84. The van der Waals surface area contributed by atoms with E-state index < -0.39 is 5.91 Å². The van der Waals surface area contributed by atoms with Gasteiger partial charge < -0.3 is 19.5 Å². The minimum Gasteiger partial charge on any atom is -0.378 e. The number of rotatable bonds is 6. The van der Waals surface area contributed by atoms with E-state index in [2.05, 4.69) is 26.7 Å². The summed E-state index contributed by atoms with van der Waals surface area (Å²) in [5, 5.41) is 12.3. The second-order valence-corrected chi connectivity index (χ2v) is 7.11. The van der Waals surface area contributed by atoms with Crippen LogP contribution in [0.4, 0.5) is 11.5 Å². The summed E-state index contributed by atoms with van der Waals surface area (Å²) in [4.78, 5) is 19.2. The predicted molar refractivity (Wildman–Crippen MR) is 114 cm³/mol. The Bertz CT molecular complexity index is 931. The fourth-order valence-corrected chi connectivity index (χ4v) is 3.48. The summed E-state index contributed by atoms with van der Waals surface area (Å²) in [6.07, 6.45) is 4.29. The number of ether oxygens (including phenoxy) is 1. The minimum absolute atomic E-state index is 0.0685. The third-order valence-electron chi connectivity index (χ3n) is 5.07. The molecule has 7 nitrogen and oxygen atoms in total. The number of hydrogen-bond acceptors (Lipinski definition) is 5. The van der Waals surface area contributed by atoms with Crippen LogP contribution in [0, 0.1) is 25.2 Å². The zero-order valence-electron chi connectivity index (χ0n) is 17.2. The molecule has 0 bridgehead atoms. The first-order chi connectivity index (χ1) is 14.0. The molecule has 1 amide bonds. The van der Waals surface area contributed by atoms with Crippen molar-refractivity contribution in [2.24, 2.45) is 0 Å². The summed E-state index contributed by atoms with van der Waals surface area (Å²) in [5.41, 5.74) is 3.70. The van der Waals surface area contributed by atoms with E-state index in [4.69, 9.17) is 4.74 Å². The molecule has 0 unspecified atom stereocenters. The number of nitrogens with zero attached hydrogens (tertiary/aromatic N) is 4. The van der Waals surface area contributed by atoms with Gasteiger partial charge in [0, 0.05) is 31.0 Å². The molecule has 3 heterocycles. The second-order valence-electron chi connectivity index (χ2n) is 7.11. The Hall–Kier alpha value is -3.11. The van der Waals surface area contributed by atoms with Gasteiger partial charge in [-0.25, -0.2) is 4.98 Å². The quantitative estimate of drug-likeness (QED) is 0.601. The summed E-state index contributed by atoms with van der Waals surface area (Å²) in [5.74, 6) is 0.416. The highest BCUT2D eigenvalue weighted by Crippen LogP contribution is 2.20. The highest BCUT2D eigenvalue weighted by atomic mass is 16.5. The number of nitriles is 1. The zero-order chi connectivity index (χ0) is 20.8. The van der Waals surface area contributed by atoms with Crippen molar-refractivity contribution in [3.63, 3.8) is 0 Å². The van der Waals surface area contributed by atoms with Gasteiger partial charge in [-0.1, -0.05) is 6.92 Å². The fraction of sp³-hybridized carbons (Fsp3) is 0.409. The van der Waals surface area contributed by atoms with Crippen LogP contribution in [0.5, 0.6) is 0 Å². The number of carbonyl (C=O) groups excluding carboxylic acids is 1. The lowest BCUT2D eigenvalue weighted by Crippen LogP contribution is -2.36. The molecule has 3 rings (SSSR count). The first-order valence-corrected chi connectivity index (χ1v) is 9.92. The van der Waals surface area contributed by atoms with Crippen LogP contribution < -0.4 is 10.2 Å². The Morgan fingerprint density at radius 2 is 2.10 bits per heavy atom. The molecule has 0 saturated carbocycles. The molecule has 152 valence electrons. The highest BCUT2D eigenvalue weighted by molar-refractivity contribution is 6.09. The van der Waals surface area contributed by atoms with Crippen LogP contribution in [-0.4, -0.2) is 41.8 Å². The Morgan fingerprint density at radius 3 is 2.72 bits per heavy atom. The molecule has 1 aliphatic rings. The maximum Gasteiger partial charge on any atom is 0.266 e. The molecule has 0 spiro atoms. The number of nitrogens with one attached hydrogen (secondary N) is 1. The van der Waals surface area contributed by atoms with Crippen molar-refractivity contribution in [1.82, 2.24) is 9.55 Å². The van der Waals surface area contributed by atoms with Crippen LogP contribution in [0.2, 0.25) is 0 Å². The molecule has 1 N–H and O–H groups in total. The van der Waals surface area contributed by atoms with Crippen LogP contribution in [0.1, 0.15) is 30.3 Å². The van der Waals surface area contributed by atoms with Crippen molar-refractivity contribution in [1.29, 1.82) is 5.26 Å². The Morgan fingerprint density at radius 1 is 1.34 bits per heavy atom. The van der Waals surface area contributed by atoms with E-state index in [-0.39, 0.29) is 5.57 Å². The maximum atomic E-state index is 12.6. The Balaban J connectivity index is 1.72. The normalized spacial score (nSPS) is 14.6. The van der Waals surface area contributed by atoms with Gasteiger partial charge in [-0.2, -0.15) is 5.26 Å². The second kappa shape index (κ2) is 9.39. The highest BCUT2D eigenvalue weighted by Gasteiger charge is 2.15. The van der Waals surface area contributed by atoms with Crippen LogP contribution in [-0.2, 0) is 16.1 Å². The topological polar surface area (TPSA) is 83.2 Å². The first kappa shape index (κ1) is 20.6. The van der Waals surface area contributed by atoms with Crippen molar-refractivity contribution >= 4 is 23.5 Å². The molecular formula is C22H27N5O2. The van der Waals surface area contributed by atoms with Crippen molar-refractivity contribution in [3.8, 4) is 6.07 Å². The SMILES string of the molecule is CCCn1c(C)cc(/C=C(\C#N)C(=O)Nc2ccc(N3CCOCC3)nc2)c1C. The standard InChI is InChI=1S/C22H27N5O2/c1-4-7-27-16(2)12-18(17(27)3)13-19(14-23)22(28)25-20-5-6-21(24-15-20)26-8-10-29-11-9-26/h5-6,12-13,15H,4,7-11H2,1-3H3,(H,25,28)/b19-13+. The average Bonchev–Trinajstić information content (AvgIpc) is 3.00. The number of anilines is 2. The van der Waals surface area contributed by atoms with Gasteiger partial charge in [-0.3, -0.25) is 4.79 Å². The number of aromatic nitrogens is 2. The summed E-state index contributed by atoms with van der Waals surface area (Å²) < 4.78 is 7.55. The van der Waals surface area contributed by atoms with Gasteiger partial charge in [0.2, 0.25) is 0 Å². The number of carbonyl (C=O) groups is 1. The molecular weight excluding hydrogens is 366 g/mol. The molecule has 2 aromatic heterocycles. The molecule has 29 heavy (non-hydrogen) atoms. The number of morpholine rings is 1. The van der Waals surface area contributed by atoms with Crippen LogP contribution >= 0.6 is 0 Å². The van der Waals surface area contributed by atoms with Gasteiger partial charge in [0.1, 0.15) is 17.5 Å². The average molecular weight is 393 g/mol. The summed E-state index contributed by atoms with van der Waals surface area (Å²) in [6, 6.07) is 7.70. The van der Waals surface area contributed by atoms with Gasteiger partial charge >= 0.3 is 0 Å². The van der Waals surface area contributed by atoms with Gasteiger partial charge in [-0.05, 0) is 50.1 Å². The first-order valence-electron chi connectivity index (χ1n) is 9.92. The van der Waals surface area contributed by atoms with E-state index in [9.17, 15) is 10.1 Å². The van der Waals surface area contributed by atoms with Crippen molar-refractivity contribution in [2.75, 3.05) is 36.5 Å². The number of aryl methyl sites for hydroxylation is 1. The molecule has 0 aromatic carbocycles. The number of hydrogen-bond donors (Lipinski definition) is 1. The van der Waals surface area contributed by atoms with Gasteiger partial charge in [0.25, 0.3) is 5.91 Å². The third-order valence-corrected chi connectivity index (χ3v) is 5.07. The Labute approximate surface area is 171 Å². The molecule has 0 radical (unpaired) electrons. The van der Waals surface area contributed by atoms with Crippen molar-refractivity contribution in [2.45, 2.75) is 33.7 Å². The smallest absolute Gasteiger partial charge is 0.266 e. The van der Waals surface area contributed by atoms with Gasteiger partial charge in [0.05, 0.1) is 25.1 Å².